The second-order valence-electron chi connectivity index (χ2n) is 5.08. The van der Waals surface area contributed by atoms with Crippen LogP contribution in [0.15, 0.2) is 42.0 Å². The first-order valence-electron chi connectivity index (χ1n) is 7.16. The van der Waals surface area contributed by atoms with Crippen molar-refractivity contribution in [2.75, 3.05) is 0 Å². The molecule has 0 aliphatic rings. The molecule has 0 radical (unpaired) electrons. The summed E-state index contributed by atoms with van der Waals surface area (Å²) in [5, 5.41) is 6.47. The molecule has 0 saturated carbocycles. The van der Waals surface area contributed by atoms with Crippen molar-refractivity contribution < 1.29 is 0 Å². The number of pyridine rings is 1. The summed E-state index contributed by atoms with van der Waals surface area (Å²) in [6.07, 6.45) is 6.22. The van der Waals surface area contributed by atoms with Crippen LogP contribution in [-0.4, -0.2) is 9.38 Å². The second kappa shape index (κ2) is 6.60. The van der Waals surface area contributed by atoms with Gasteiger partial charge >= 0.3 is 0 Å². The minimum absolute atomic E-state index is 0.406. The maximum absolute atomic E-state index is 6.00. The number of hydrogen-bond donors (Lipinski definition) is 1. The third-order valence-corrected chi connectivity index (χ3v) is 4.67. The van der Waals surface area contributed by atoms with Crippen LogP contribution in [0.4, 0.5) is 0 Å². The summed E-state index contributed by atoms with van der Waals surface area (Å²) in [6.45, 7) is 2.98. The minimum Gasteiger partial charge on any atom is -0.305 e. The molecule has 21 heavy (non-hydrogen) atoms. The van der Waals surface area contributed by atoms with E-state index < -0.39 is 0 Å². The Bertz CT molecular complexity index is 705. The number of hydrogen-bond acceptors (Lipinski definition) is 3. The van der Waals surface area contributed by atoms with Crippen molar-refractivity contribution in [1.82, 2.24) is 14.7 Å². The highest BCUT2D eigenvalue weighted by Gasteiger charge is 2.12. The lowest BCUT2D eigenvalue weighted by Crippen LogP contribution is -2.20. The lowest BCUT2D eigenvalue weighted by molar-refractivity contribution is 0.497. The van der Waals surface area contributed by atoms with Gasteiger partial charge in [-0.15, -0.1) is 11.3 Å². The van der Waals surface area contributed by atoms with Crippen LogP contribution in [-0.2, 0) is 6.54 Å². The Morgan fingerprint density at radius 1 is 1.33 bits per heavy atom. The molecule has 0 aliphatic carbocycles. The Balaban J connectivity index is 1.72. The monoisotopic (exact) mass is 319 g/mol. The van der Waals surface area contributed by atoms with Gasteiger partial charge in [0.25, 0.3) is 0 Å². The zero-order valence-electron chi connectivity index (χ0n) is 11.9. The van der Waals surface area contributed by atoms with Gasteiger partial charge in [0.2, 0.25) is 0 Å². The van der Waals surface area contributed by atoms with Crippen LogP contribution in [0.2, 0.25) is 5.02 Å². The fraction of sp³-hybridized carbons (Fsp3) is 0.312. The van der Waals surface area contributed by atoms with E-state index in [1.54, 1.807) is 0 Å². The molecule has 5 heteroatoms. The van der Waals surface area contributed by atoms with Gasteiger partial charge in [0.15, 0.2) is 0 Å². The number of thiophene rings is 1. The van der Waals surface area contributed by atoms with Crippen molar-refractivity contribution >= 4 is 28.6 Å². The first kappa shape index (κ1) is 14.6. The van der Waals surface area contributed by atoms with Crippen molar-refractivity contribution in [3.8, 4) is 0 Å². The highest BCUT2D eigenvalue weighted by atomic mass is 35.5. The van der Waals surface area contributed by atoms with Crippen LogP contribution in [0.25, 0.3) is 5.65 Å². The molecule has 3 aromatic rings. The predicted octanol–water partition coefficient (Wildman–Crippen LogP) is 4.68. The van der Waals surface area contributed by atoms with Crippen LogP contribution in [0.1, 0.15) is 36.4 Å². The lowest BCUT2D eigenvalue weighted by Gasteiger charge is -2.15. The number of aromatic nitrogens is 2. The summed E-state index contributed by atoms with van der Waals surface area (Å²) in [6, 6.07) is 8.52. The van der Waals surface area contributed by atoms with Crippen LogP contribution in [0.5, 0.6) is 0 Å². The van der Waals surface area contributed by atoms with E-state index in [0.29, 0.717) is 6.04 Å². The van der Waals surface area contributed by atoms with Gasteiger partial charge in [0.05, 0.1) is 10.7 Å². The molecule has 110 valence electrons. The zero-order chi connectivity index (χ0) is 14.7. The second-order valence-corrected chi connectivity index (χ2v) is 6.50. The molecule has 3 heterocycles. The molecular formula is C16H18ClN3S. The molecule has 3 nitrogen and oxygen atoms in total. The lowest BCUT2D eigenvalue weighted by atomic mass is 10.1. The summed E-state index contributed by atoms with van der Waals surface area (Å²) in [7, 11) is 0. The van der Waals surface area contributed by atoms with E-state index >= 15 is 0 Å². The van der Waals surface area contributed by atoms with Gasteiger partial charge in [-0.05, 0) is 30.0 Å². The molecule has 1 N–H and O–H groups in total. The average molecular weight is 320 g/mol. The van der Waals surface area contributed by atoms with E-state index in [9.17, 15) is 0 Å². The van der Waals surface area contributed by atoms with Crippen LogP contribution in [0, 0.1) is 0 Å². The first-order chi connectivity index (χ1) is 10.3. The number of halogens is 1. The van der Waals surface area contributed by atoms with Crippen LogP contribution >= 0.6 is 22.9 Å². The maximum atomic E-state index is 6.00. The van der Waals surface area contributed by atoms with E-state index in [1.807, 2.05) is 40.3 Å². The van der Waals surface area contributed by atoms with E-state index in [0.717, 1.165) is 35.8 Å². The van der Waals surface area contributed by atoms with Crippen molar-refractivity contribution in [3.63, 3.8) is 0 Å². The third kappa shape index (κ3) is 3.46. The Morgan fingerprint density at radius 3 is 3.00 bits per heavy atom. The highest BCUT2D eigenvalue weighted by Crippen LogP contribution is 2.23. The molecule has 0 saturated heterocycles. The largest absolute Gasteiger partial charge is 0.305 e. The van der Waals surface area contributed by atoms with Gasteiger partial charge in [-0.1, -0.05) is 31.0 Å². The quantitative estimate of drug-likeness (QED) is 0.714. The molecule has 1 atom stereocenters. The van der Waals surface area contributed by atoms with Gasteiger partial charge in [-0.25, -0.2) is 4.98 Å². The fourth-order valence-corrected chi connectivity index (χ4v) is 3.46. The summed E-state index contributed by atoms with van der Waals surface area (Å²) in [5.41, 5.74) is 1.97. The smallest absolute Gasteiger partial charge is 0.137 e. The van der Waals surface area contributed by atoms with E-state index in [2.05, 4.69) is 34.7 Å². The molecule has 1 unspecified atom stereocenters. The molecule has 3 rings (SSSR count). The van der Waals surface area contributed by atoms with Crippen LogP contribution in [0.3, 0.4) is 0 Å². The highest BCUT2D eigenvalue weighted by molar-refractivity contribution is 7.10. The number of fused-ring (bicyclic) bond motifs is 1. The summed E-state index contributed by atoms with van der Waals surface area (Å²) in [5.74, 6) is 0. The minimum atomic E-state index is 0.406. The molecule has 0 fully saturated rings. The topological polar surface area (TPSA) is 29.3 Å². The van der Waals surface area contributed by atoms with Crippen molar-refractivity contribution in [2.24, 2.45) is 0 Å². The van der Waals surface area contributed by atoms with Gasteiger partial charge in [0, 0.05) is 29.9 Å². The Hall–Kier alpha value is -1.36. The van der Waals surface area contributed by atoms with Gasteiger partial charge in [0.1, 0.15) is 5.65 Å². The molecular weight excluding hydrogens is 302 g/mol. The molecule has 3 aromatic heterocycles. The van der Waals surface area contributed by atoms with Gasteiger partial charge in [-0.3, -0.25) is 0 Å². The van der Waals surface area contributed by atoms with Crippen molar-refractivity contribution in [2.45, 2.75) is 32.4 Å². The first-order valence-corrected chi connectivity index (χ1v) is 8.42. The zero-order valence-corrected chi connectivity index (χ0v) is 13.5. The van der Waals surface area contributed by atoms with Crippen molar-refractivity contribution in [3.05, 3.63) is 57.6 Å². The summed E-state index contributed by atoms with van der Waals surface area (Å²) >= 11 is 7.81. The molecule has 0 bridgehead atoms. The maximum Gasteiger partial charge on any atom is 0.137 e. The Kier molecular flexibility index (Phi) is 4.58. The van der Waals surface area contributed by atoms with E-state index in [4.69, 9.17) is 11.6 Å². The summed E-state index contributed by atoms with van der Waals surface area (Å²) in [4.78, 5) is 6.00. The molecule has 0 spiro atoms. The van der Waals surface area contributed by atoms with E-state index in [1.165, 1.54) is 4.88 Å². The third-order valence-electron chi connectivity index (χ3n) is 3.46. The van der Waals surface area contributed by atoms with Crippen molar-refractivity contribution in [1.29, 1.82) is 0 Å². The van der Waals surface area contributed by atoms with Gasteiger partial charge in [-0.2, -0.15) is 0 Å². The standard InChI is InChI=1S/C16H18ClN3S/c1-2-4-14(15-5-3-8-21-15)18-9-13-11-20-10-12(17)6-7-16(20)19-13/h3,5-8,10-11,14,18H,2,4,9H2,1H3. The molecule has 0 amide bonds. The van der Waals surface area contributed by atoms with Gasteiger partial charge < -0.3 is 9.72 Å². The number of rotatable bonds is 6. The normalized spacial score (nSPS) is 12.9. The number of imidazole rings is 1. The molecule has 0 aromatic carbocycles. The SMILES string of the molecule is CCCC(NCc1cn2cc(Cl)ccc2n1)c1cccs1. The average Bonchev–Trinajstić information content (AvgIpc) is 3.12. The predicted molar refractivity (Wildman–Crippen MR) is 89.0 cm³/mol. The fourth-order valence-electron chi connectivity index (χ4n) is 2.45. The number of nitrogens with zero attached hydrogens (tertiary/aromatic N) is 2. The van der Waals surface area contributed by atoms with Crippen LogP contribution < -0.4 is 5.32 Å². The summed E-state index contributed by atoms with van der Waals surface area (Å²) < 4.78 is 1.97. The Morgan fingerprint density at radius 2 is 2.24 bits per heavy atom. The molecule has 0 aliphatic heterocycles. The van der Waals surface area contributed by atoms with E-state index in [-0.39, 0.29) is 0 Å². The Labute approximate surface area is 133 Å². The number of nitrogens with one attached hydrogen (secondary N) is 1.